The van der Waals surface area contributed by atoms with E-state index in [0.717, 1.165) is 11.6 Å². The van der Waals surface area contributed by atoms with Gasteiger partial charge < -0.3 is 10.5 Å². The van der Waals surface area contributed by atoms with E-state index in [-0.39, 0.29) is 17.9 Å². The summed E-state index contributed by atoms with van der Waals surface area (Å²) >= 11 is 5.99. The fourth-order valence-electron chi connectivity index (χ4n) is 1.89. The van der Waals surface area contributed by atoms with Crippen LogP contribution in [0.25, 0.3) is 0 Å². The van der Waals surface area contributed by atoms with Crippen LogP contribution in [-0.2, 0) is 12.7 Å². The molecule has 0 spiro atoms. The summed E-state index contributed by atoms with van der Waals surface area (Å²) in [5.41, 5.74) is 5.53. The van der Waals surface area contributed by atoms with Crippen molar-refractivity contribution in [1.82, 2.24) is 0 Å². The van der Waals surface area contributed by atoms with E-state index in [1.165, 1.54) is 12.1 Å². The number of hydrogen-bond donors (Lipinski definition) is 1. The van der Waals surface area contributed by atoms with Crippen LogP contribution in [0.15, 0.2) is 36.4 Å². The summed E-state index contributed by atoms with van der Waals surface area (Å²) in [7, 11) is 0. The van der Waals surface area contributed by atoms with Crippen molar-refractivity contribution >= 4 is 11.6 Å². The summed E-state index contributed by atoms with van der Waals surface area (Å²) in [6.07, 6.45) is -4.44. The van der Waals surface area contributed by atoms with Crippen LogP contribution in [-0.4, -0.2) is 0 Å². The first kappa shape index (κ1) is 15.7. The fraction of sp³-hybridized carbons (Fsp3) is 0.200. The smallest absolute Gasteiger partial charge is 0.416 e. The first-order chi connectivity index (χ1) is 9.81. The van der Waals surface area contributed by atoms with Crippen LogP contribution < -0.4 is 10.5 Å². The molecule has 0 aliphatic rings. The van der Waals surface area contributed by atoms with E-state index >= 15 is 0 Å². The van der Waals surface area contributed by atoms with Gasteiger partial charge in [0.15, 0.2) is 0 Å². The van der Waals surface area contributed by atoms with Gasteiger partial charge in [-0.25, -0.2) is 0 Å². The van der Waals surface area contributed by atoms with Crippen molar-refractivity contribution in [2.75, 3.05) is 0 Å². The van der Waals surface area contributed by atoms with Gasteiger partial charge in [0.05, 0.1) is 10.6 Å². The monoisotopic (exact) mass is 315 g/mol. The van der Waals surface area contributed by atoms with Crippen molar-refractivity contribution in [3.8, 4) is 11.5 Å². The number of hydrogen-bond acceptors (Lipinski definition) is 2. The molecular weight excluding hydrogens is 303 g/mol. The van der Waals surface area contributed by atoms with Crippen LogP contribution >= 0.6 is 11.6 Å². The van der Waals surface area contributed by atoms with Crippen LogP contribution in [0.4, 0.5) is 13.2 Å². The molecule has 2 nitrogen and oxygen atoms in total. The molecule has 2 aromatic carbocycles. The average Bonchev–Trinajstić information content (AvgIpc) is 2.41. The zero-order valence-corrected chi connectivity index (χ0v) is 11.9. The van der Waals surface area contributed by atoms with E-state index in [1.54, 1.807) is 12.1 Å². The van der Waals surface area contributed by atoms with E-state index < -0.39 is 11.7 Å². The summed E-state index contributed by atoms with van der Waals surface area (Å²) in [5, 5.41) is 0.384. The minimum atomic E-state index is -4.44. The van der Waals surface area contributed by atoms with Gasteiger partial charge in [0.2, 0.25) is 0 Å². The highest BCUT2D eigenvalue weighted by atomic mass is 35.5. The summed E-state index contributed by atoms with van der Waals surface area (Å²) < 4.78 is 43.9. The van der Waals surface area contributed by atoms with Crippen LogP contribution in [0.5, 0.6) is 11.5 Å². The Labute approximate surface area is 125 Å². The van der Waals surface area contributed by atoms with Crippen molar-refractivity contribution in [3.05, 3.63) is 58.1 Å². The lowest BCUT2D eigenvalue weighted by molar-refractivity contribution is -0.138. The second-order valence-corrected chi connectivity index (χ2v) is 4.96. The average molecular weight is 316 g/mol. The van der Waals surface area contributed by atoms with Crippen LogP contribution in [0.2, 0.25) is 5.02 Å². The van der Waals surface area contributed by atoms with E-state index in [0.29, 0.717) is 10.8 Å². The summed E-state index contributed by atoms with van der Waals surface area (Å²) in [5.74, 6) is 0.648. The molecule has 21 heavy (non-hydrogen) atoms. The second kappa shape index (κ2) is 5.95. The molecule has 0 heterocycles. The van der Waals surface area contributed by atoms with E-state index in [4.69, 9.17) is 22.1 Å². The van der Waals surface area contributed by atoms with Crippen molar-refractivity contribution in [1.29, 1.82) is 0 Å². The number of halogens is 4. The van der Waals surface area contributed by atoms with Gasteiger partial charge in [-0.3, -0.25) is 0 Å². The molecule has 2 aromatic rings. The molecule has 0 saturated heterocycles. The molecule has 112 valence electrons. The van der Waals surface area contributed by atoms with E-state index in [9.17, 15) is 13.2 Å². The predicted octanol–water partition coefficient (Wildman–Crippen LogP) is 4.92. The summed E-state index contributed by atoms with van der Waals surface area (Å²) in [6.45, 7) is 1.63. The second-order valence-electron chi connectivity index (χ2n) is 4.56. The molecule has 6 heteroatoms. The van der Waals surface area contributed by atoms with Gasteiger partial charge in [-0.15, -0.1) is 0 Å². The topological polar surface area (TPSA) is 35.2 Å². The largest absolute Gasteiger partial charge is 0.456 e. The van der Waals surface area contributed by atoms with Crippen molar-refractivity contribution in [3.63, 3.8) is 0 Å². The van der Waals surface area contributed by atoms with Crippen molar-refractivity contribution in [2.45, 2.75) is 19.6 Å². The minimum absolute atomic E-state index is 0.0243. The standard InChI is InChI=1S/C15H13ClF3NO/c1-9-2-5-13(16)14(6-9)21-11-3-4-12(15(17,18)19)10(7-11)8-20/h2-7H,8,20H2,1H3. The van der Waals surface area contributed by atoms with Crippen LogP contribution in [0.1, 0.15) is 16.7 Å². The Morgan fingerprint density at radius 2 is 1.86 bits per heavy atom. The molecule has 0 bridgehead atoms. The zero-order chi connectivity index (χ0) is 15.6. The Balaban J connectivity index is 2.36. The molecule has 0 saturated carbocycles. The zero-order valence-electron chi connectivity index (χ0n) is 11.2. The van der Waals surface area contributed by atoms with Crippen LogP contribution in [0, 0.1) is 6.92 Å². The third kappa shape index (κ3) is 3.68. The molecule has 0 fully saturated rings. The maximum absolute atomic E-state index is 12.8. The third-order valence-electron chi connectivity index (χ3n) is 2.92. The Morgan fingerprint density at radius 3 is 2.48 bits per heavy atom. The maximum atomic E-state index is 12.8. The Hall–Kier alpha value is -1.72. The SMILES string of the molecule is Cc1ccc(Cl)c(Oc2ccc(C(F)(F)F)c(CN)c2)c1. The number of nitrogens with two attached hydrogens (primary N) is 1. The van der Waals surface area contributed by atoms with Crippen molar-refractivity contribution < 1.29 is 17.9 Å². The highest BCUT2D eigenvalue weighted by Gasteiger charge is 2.33. The maximum Gasteiger partial charge on any atom is 0.416 e. The molecule has 0 aliphatic carbocycles. The lowest BCUT2D eigenvalue weighted by Gasteiger charge is -2.14. The highest BCUT2D eigenvalue weighted by molar-refractivity contribution is 6.32. The molecule has 0 aliphatic heterocycles. The van der Waals surface area contributed by atoms with Crippen LogP contribution in [0.3, 0.4) is 0 Å². The van der Waals surface area contributed by atoms with Gasteiger partial charge in [0.25, 0.3) is 0 Å². The fourth-order valence-corrected chi connectivity index (χ4v) is 2.05. The normalized spacial score (nSPS) is 11.5. The highest BCUT2D eigenvalue weighted by Crippen LogP contribution is 2.36. The number of rotatable bonds is 3. The van der Waals surface area contributed by atoms with Gasteiger partial charge in [-0.2, -0.15) is 13.2 Å². The van der Waals surface area contributed by atoms with Crippen molar-refractivity contribution in [2.24, 2.45) is 5.73 Å². The van der Waals surface area contributed by atoms with E-state index in [1.807, 2.05) is 13.0 Å². The third-order valence-corrected chi connectivity index (χ3v) is 3.23. The first-order valence-electron chi connectivity index (χ1n) is 6.15. The van der Waals surface area contributed by atoms with Gasteiger partial charge in [-0.1, -0.05) is 17.7 Å². The lowest BCUT2D eigenvalue weighted by atomic mass is 10.1. The minimum Gasteiger partial charge on any atom is -0.456 e. The quantitative estimate of drug-likeness (QED) is 0.872. The molecule has 0 unspecified atom stereocenters. The van der Waals surface area contributed by atoms with Gasteiger partial charge in [0.1, 0.15) is 11.5 Å². The van der Waals surface area contributed by atoms with Gasteiger partial charge in [0, 0.05) is 6.54 Å². The Kier molecular flexibility index (Phi) is 4.44. The molecular formula is C15H13ClF3NO. The summed E-state index contributed by atoms with van der Waals surface area (Å²) in [4.78, 5) is 0. The van der Waals surface area contributed by atoms with Gasteiger partial charge in [-0.05, 0) is 48.4 Å². The number of aryl methyl sites for hydroxylation is 1. The molecule has 0 aromatic heterocycles. The molecule has 2 rings (SSSR count). The molecule has 0 atom stereocenters. The summed E-state index contributed by atoms with van der Waals surface area (Å²) in [6, 6.07) is 8.68. The number of ether oxygens (including phenoxy) is 1. The number of alkyl halides is 3. The lowest BCUT2D eigenvalue weighted by Crippen LogP contribution is -2.11. The molecule has 0 radical (unpaired) electrons. The molecule has 0 amide bonds. The van der Waals surface area contributed by atoms with E-state index in [2.05, 4.69) is 0 Å². The van der Waals surface area contributed by atoms with Gasteiger partial charge >= 0.3 is 6.18 Å². The predicted molar refractivity (Wildman–Crippen MR) is 75.6 cm³/mol. The first-order valence-corrected chi connectivity index (χ1v) is 6.53. The Morgan fingerprint density at radius 1 is 1.14 bits per heavy atom. The molecule has 2 N–H and O–H groups in total. The number of benzene rings is 2. The Bertz CT molecular complexity index is 656.